The third-order valence-electron chi connectivity index (χ3n) is 7.54. The van der Waals surface area contributed by atoms with Crippen molar-refractivity contribution in [2.45, 2.75) is 113 Å². The van der Waals surface area contributed by atoms with Gasteiger partial charge in [0.05, 0.1) is 6.26 Å². The van der Waals surface area contributed by atoms with Crippen LogP contribution in [0.15, 0.2) is 38.0 Å². The fourth-order valence-corrected chi connectivity index (χ4v) is 12.2. The Bertz CT molecular complexity index is 673. The van der Waals surface area contributed by atoms with E-state index in [2.05, 4.69) is 10.3 Å². The van der Waals surface area contributed by atoms with Crippen molar-refractivity contribution in [1.82, 2.24) is 0 Å². The average Bonchev–Trinajstić information content (AvgIpc) is 3.34. The van der Waals surface area contributed by atoms with E-state index in [0.717, 1.165) is 0 Å². The van der Waals surface area contributed by atoms with E-state index in [1.165, 1.54) is 103 Å². The SMILES string of the molecule is O=C(N=NN=P(C1CCCCC1)(C1CCCCC1)C1CCCCC1)c1ccco1. The van der Waals surface area contributed by atoms with Gasteiger partial charge >= 0.3 is 5.91 Å². The first kappa shape index (κ1) is 21.0. The first-order valence-electron chi connectivity index (χ1n) is 11.9. The van der Waals surface area contributed by atoms with Gasteiger partial charge in [-0.25, -0.2) is 0 Å². The molecule has 0 aliphatic heterocycles. The zero-order valence-electron chi connectivity index (χ0n) is 17.7. The van der Waals surface area contributed by atoms with Gasteiger partial charge in [-0.3, -0.25) is 4.79 Å². The highest BCUT2D eigenvalue weighted by atomic mass is 31.2. The summed E-state index contributed by atoms with van der Waals surface area (Å²) in [5, 5.41) is 8.30. The maximum atomic E-state index is 12.3. The number of furan rings is 1. The van der Waals surface area contributed by atoms with Crippen LogP contribution in [0.4, 0.5) is 0 Å². The Kier molecular flexibility index (Phi) is 7.39. The van der Waals surface area contributed by atoms with Gasteiger partial charge in [-0.1, -0.05) is 62.9 Å². The highest BCUT2D eigenvalue weighted by Crippen LogP contribution is 2.70. The molecule has 1 heterocycles. The largest absolute Gasteiger partial charge is 0.459 e. The van der Waals surface area contributed by atoms with Crippen LogP contribution in [0.1, 0.15) is 107 Å². The van der Waals surface area contributed by atoms with Crippen LogP contribution in [0.2, 0.25) is 0 Å². The molecule has 3 saturated carbocycles. The second-order valence-corrected chi connectivity index (χ2v) is 13.2. The molecule has 0 N–H and O–H groups in total. The number of nitrogens with zero attached hydrogens (tertiary/aromatic N) is 3. The average molecular weight is 418 g/mol. The van der Waals surface area contributed by atoms with Crippen molar-refractivity contribution in [1.29, 1.82) is 0 Å². The second-order valence-electron chi connectivity index (χ2n) is 9.23. The van der Waals surface area contributed by atoms with Crippen molar-refractivity contribution in [2.24, 2.45) is 15.2 Å². The number of hydrogen-bond acceptors (Lipinski definition) is 2. The number of carbonyl (C=O) groups excluding carboxylic acids is 1. The summed E-state index contributed by atoms with van der Waals surface area (Å²) < 4.78 is 5.19. The topological polar surface area (TPSA) is 67.3 Å². The first-order chi connectivity index (χ1) is 14.3. The van der Waals surface area contributed by atoms with E-state index in [0.29, 0.717) is 17.0 Å². The van der Waals surface area contributed by atoms with E-state index < -0.39 is 13.0 Å². The van der Waals surface area contributed by atoms with E-state index in [4.69, 9.17) is 9.27 Å². The molecule has 0 bridgehead atoms. The highest BCUT2D eigenvalue weighted by Gasteiger charge is 2.45. The molecule has 3 aliphatic rings. The van der Waals surface area contributed by atoms with Crippen molar-refractivity contribution in [2.75, 3.05) is 0 Å². The molecule has 3 aliphatic carbocycles. The lowest BCUT2D eigenvalue weighted by Gasteiger charge is -2.47. The van der Waals surface area contributed by atoms with Gasteiger partial charge in [-0.2, -0.15) is 4.85 Å². The lowest BCUT2D eigenvalue weighted by molar-refractivity contribution is 0.0967. The fourth-order valence-electron chi connectivity index (χ4n) is 6.18. The molecule has 0 saturated heterocycles. The molecule has 0 spiro atoms. The van der Waals surface area contributed by atoms with Crippen LogP contribution < -0.4 is 0 Å². The third-order valence-corrected chi connectivity index (χ3v) is 13.0. The molecule has 1 aromatic heterocycles. The molecule has 0 aromatic carbocycles. The van der Waals surface area contributed by atoms with E-state index in [1.54, 1.807) is 12.1 Å². The molecule has 1 amide bonds. The van der Waals surface area contributed by atoms with Crippen LogP contribution in [0, 0.1) is 0 Å². The number of rotatable bonds is 5. The predicted molar refractivity (Wildman–Crippen MR) is 118 cm³/mol. The van der Waals surface area contributed by atoms with Crippen molar-refractivity contribution in [3.63, 3.8) is 0 Å². The smallest absolute Gasteiger partial charge is 0.332 e. The van der Waals surface area contributed by atoms with Crippen LogP contribution in [0.3, 0.4) is 0 Å². The van der Waals surface area contributed by atoms with Gasteiger partial charge in [0.2, 0.25) is 0 Å². The zero-order valence-corrected chi connectivity index (χ0v) is 18.6. The van der Waals surface area contributed by atoms with Crippen LogP contribution in [-0.2, 0) is 0 Å². The molecule has 160 valence electrons. The van der Waals surface area contributed by atoms with Crippen molar-refractivity contribution < 1.29 is 9.21 Å². The Morgan fingerprint density at radius 1 is 0.793 bits per heavy atom. The van der Waals surface area contributed by atoms with Crippen LogP contribution in [0.25, 0.3) is 0 Å². The Morgan fingerprint density at radius 2 is 1.28 bits per heavy atom. The van der Waals surface area contributed by atoms with Gasteiger partial charge in [0.1, 0.15) is 0 Å². The summed E-state index contributed by atoms with van der Waals surface area (Å²) in [6, 6.07) is 3.36. The minimum Gasteiger partial charge on any atom is -0.459 e. The zero-order chi connectivity index (χ0) is 19.9. The molecule has 1 aromatic rings. The minimum atomic E-state index is -1.67. The quantitative estimate of drug-likeness (QED) is 0.277. The summed E-state index contributed by atoms with van der Waals surface area (Å²) in [5.41, 5.74) is 2.13. The summed E-state index contributed by atoms with van der Waals surface area (Å²) in [5.74, 6) is -0.159. The molecule has 0 radical (unpaired) electrons. The van der Waals surface area contributed by atoms with Crippen molar-refractivity contribution in [3.05, 3.63) is 24.2 Å². The lowest BCUT2D eigenvalue weighted by atomic mass is 9.99. The van der Waals surface area contributed by atoms with E-state index >= 15 is 0 Å². The predicted octanol–water partition coefficient (Wildman–Crippen LogP) is 7.99. The van der Waals surface area contributed by atoms with Crippen molar-refractivity contribution in [3.8, 4) is 0 Å². The molecule has 3 fully saturated rings. The molecule has 0 unspecified atom stereocenters. The summed E-state index contributed by atoms with van der Waals surface area (Å²) in [6.45, 7) is 0. The Morgan fingerprint density at radius 3 is 1.69 bits per heavy atom. The Hall–Kier alpha value is -1.22. The van der Waals surface area contributed by atoms with Crippen LogP contribution in [-0.4, -0.2) is 22.9 Å². The Balaban J connectivity index is 1.71. The van der Waals surface area contributed by atoms with Gasteiger partial charge in [-0.15, -0.1) is 0 Å². The van der Waals surface area contributed by atoms with Crippen molar-refractivity contribution >= 4 is 13.0 Å². The number of hydrogen-bond donors (Lipinski definition) is 0. The summed E-state index contributed by atoms with van der Waals surface area (Å²) in [6.07, 6.45) is 21.5. The molecular formula is C23H36N3O2P. The van der Waals surface area contributed by atoms with Gasteiger partial charge in [0.15, 0.2) is 5.76 Å². The number of amides is 1. The molecule has 6 heteroatoms. The van der Waals surface area contributed by atoms with E-state index in [1.807, 2.05) is 0 Å². The molecule has 29 heavy (non-hydrogen) atoms. The molecule has 0 atom stereocenters. The normalized spacial score (nSPS) is 23.4. The maximum Gasteiger partial charge on any atom is 0.332 e. The number of carbonyl (C=O) groups is 1. The Labute approximate surface area is 175 Å². The molecule has 5 nitrogen and oxygen atoms in total. The first-order valence-corrected chi connectivity index (χ1v) is 13.8. The highest BCUT2D eigenvalue weighted by molar-refractivity contribution is 7.68. The fraction of sp³-hybridized carbons (Fsp3) is 0.783. The van der Waals surface area contributed by atoms with E-state index in [9.17, 15) is 4.79 Å². The maximum absolute atomic E-state index is 12.3. The summed E-state index contributed by atoms with van der Waals surface area (Å²) in [4.78, 5) is 17.5. The minimum absolute atomic E-state index is 0.251. The second kappa shape index (κ2) is 10.2. The van der Waals surface area contributed by atoms with Gasteiger partial charge in [0.25, 0.3) is 0 Å². The van der Waals surface area contributed by atoms with Gasteiger partial charge < -0.3 is 4.42 Å². The summed E-state index contributed by atoms with van der Waals surface area (Å²) >= 11 is 0. The summed E-state index contributed by atoms with van der Waals surface area (Å²) in [7, 11) is -1.67. The molecule has 4 rings (SSSR count). The lowest BCUT2D eigenvalue weighted by Crippen LogP contribution is -2.31. The molecular weight excluding hydrogens is 381 g/mol. The third kappa shape index (κ3) is 4.76. The monoisotopic (exact) mass is 417 g/mol. The van der Waals surface area contributed by atoms with Gasteiger partial charge in [-0.05, 0) is 72.9 Å². The van der Waals surface area contributed by atoms with Crippen LogP contribution >= 0.6 is 7.05 Å². The van der Waals surface area contributed by atoms with Crippen LogP contribution in [0.5, 0.6) is 0 Å². The van der Waals surface area contributed by atoms with Gasteiger partial charge in [0, 0.05) is 7.05 Å². The van der Waals surface area contributed by atoms with E-state index in [-0.39, 0.29) is 5.76 Å². The standard InChI is InChI=1S/C23H36N3O2P/c27-23(22-17-10-18-28-22)24-25-26-29(19-11-4-1-5-12-19,20-13-6-2-7-14-20)21-15-8-3-9-16-21/h10,17-21H,1-9,11-16H2.